The molecule has 0 radical (unpaired) electrons. The second-order valence-corrected chi connectivity index (χ2v) is 8.97. The number of nitro benzene ring substituents is 1. The van der Waals surface area contributed by atoms with Crippen molar-refractivity contribution in [2.24, 2.45) is 0 Å². The third-order valence-electron chi connectivity index (χ3n) is 6.07. The Morgan fingerprint density at radius 2 is 1.49 bits per heavy atom. The van der Waals surface area contributed by atoms with Crippen LogP contribution in [0, 0.1) is 10.1 Å². The zero-order chi connectivity index (χ0) is 27.2. The first-order chi connectivity index (χ1) is 17.8. The molecule has 1 N–H and O–H groups in total. The molecule has 204 valence electrons. The van der Waals surface area contributed by atoms with Gasteiger partial charge in [0.2, 0.25) is 0 Å². The van der Waals surface area contributed by atoms with Crippen molar-refractivity contribution in [3.05, 3.63) is 62.9 Å². The average Bonchev–Trinajstić information content (AvgIpc) is 2.87. The molecule has 1 aromatic carbocycles. The SMILES string of the molecule is CCCCCCCCCCCOC(=O)OC1=C(C)NC(C)=C(OC(=O)OC)C1c1cccc([N+](=O)[O-])c1. The summed E-state index contributed by atoms with van der Waals surface area (Å²) in [6, 6.07) is 5.82. The minimum Gasteiger partial charge on any atom is -0.437 e. The minimum atomic E-state index is -0.974. The number of carbonyl (C=O) groups excluding carboxylic acids is 2. The van der Waals surface area contributed by atoms with E-state index in [0.717, 1.165) is 19.3 Å². The van der Waals surface area contributed by atoms with Gasteiger partial charge in [-0.2, -0.15) is 0 Å². The Balaban J connectivity index is 2.05. The van der Waals surface area contributed by atoms with Crippen LogP contribution in [-0.4, -0.2) is 31.0 Å². The van der Waals surface area contributed by atoms with Gasteiger partial charge in [0.05, 0.1) is 30.0 Å². The Labute approximate surface area is 218 Å². The summed E-state index contributed by atoms with van der Waals surface area (Å²) in [7, 11) is 1.17. The summed E-state index contributed by atoms with van der Waals surface area (Å²) in [5.74, 6) is -0.706. The summed E-state index contributed by atoms with van der Waals surface area (Å²) < 4.78 is 20.8. The Hall–Kier alpha value is -3.56. The van der Waals surface area contributed by atoms with Crippen LogP contribution in [0.2, 0.25) is 0 Å². The van der Waals surface area contributed by atoms with Crippen LogP contribution in [0.25, 0.3) is 0 Å². The number of nitrogens with one attached hydrogen (secondary N) is 1. The van der Waals surface area contributed by atoms with E-state index in [2.05, 4.69) is 17.0 Å². The number of unbranched alkanes of at least 4 members (excludes halogenated alkanes) is 8. The molecule has 1 aliphatic heterocycles. The number of hydrogen-bond donors (Lipinski definition) is 1. The lowest BCUT2D eigenvalue weighted by Gasteiger charge is -2.30. The summed E-state index contributed by atoms with van der Waals surface area (Å²) in [4.78, 5) is 35.3. The van der Waals surface area contributed by atoms with E-state index < -0.39 is 23.2 Å². The van der Waals surface area contributed by atoms with Gasteiger partial charge in [-0.15, -0.1) is 0 Å². The average molecular weight is 519 g/mol. The number of nitro groups is 1. The number of hydrogen-bond acceptors (Lipinski definition) is 9. The number of nitrogens with zero attached hydrogens (tertiary/aromatic N) is 1. The van der Waals surface area contributed by atoms with E-state index >= 15 is 0 Å². The lowest BCUT2D eigenvalue weighted by Crippen LogP contribution is -2.29. The maximum Gasteiger partial charge on any atom is 0.513 e. The van der Waals surface area contributed by atoms with Gasteiger partial charge in [0.25, 0.3) is 5.69 Å². The smallest absolute Gasteiger partial charge is 0.437 e. The number of methoxy groups -OCH3 is 1. The lowest BCUT2D eigenvalue weighted by atomic mass is 9.90. The van der Waals surface area contributed by atoms with Gasteiger partial charge in [-0.1, -0.05) is 70.4 Å². The number of allylic oxidation sites excluding steroid dienone is 2. The predicted octanol–water partition coefficient (Wildman–Crippen LogP) is 7.21. The molecule has 0 fully saturated rings. The van der Waals surface area contributed by atoms with Gasteiger partial charge in [0.15, 0.2) is 0 Å². The summed E-state index contributed by atoms with van der Waals surface area (Å²) in [6.07, 6.45) is 8.37. The van der Waals surface area contributed by atoms with Gasteiger partial charge < -0.3 is 24.3 Å². The molecule has 2 rings (SSSR count). The molecular formula is C27H38N2O8. The quantitative estimate of drug-likeness (QED) is 0.118. The van der Waals surface area contributed by atoms with Crippen molar-refractivity contribution in [3.8, 4) is 0 Å². The van der Waals surface area contributed by atoms with E-state index in [1.54, 1.807) is 19.9 Å². The fraction of sp³-hybridized carbons (Fsp3) is 0.556. The van der Waals surface area contributed by atoms with Crippen LogP contribution >= 0.6 is 0 Å². The van der Waals surface area contributed by atoms with E-state index in [0.29, 0.717) is 17.0 Å². The van der Waals surface area contributed by atoms with Crippen LogP contribution < -0.4 is 5.32 Å². The van der Waals surface area contributed by atoms with Crippen LogP contribution in [0.3, 0.4) is 0 Å². The van der Waals surface area contributed by atoms with Crippen molar-refractivity contribution in [3.63, 3.8) is 0 Å². The maximum atomic E-state index is 12.5. The lowest BCUT2D eigenvalue weighted by molar-refractivity contribution is -0.384. The van der Waals surface area contributed by atoms with E-state index in [-0.39, 0.29) is 23.8 Å². The highest BCUT2D eigenvalue weighted by Crippen LogP contribution is 2.40. The number of non-ortho nitro benzene ring substituents is 1. The summed E-state index contributed by atoms with van der Waals surface area (Å²) >= 11 is 0. The van der Waals surface area contributed by atoms with Crippen LogP contribution in [0.1, 0.15) is 90.0 Å². The van der Waals surface area contributed by atoms with Gasteiger partial charge in [-0.05, 0) is 25.8 Å². The normalized spacial score (nSPS) is 15.2. The summed E-state index contributed by atoms with van der Waals surface area (Å²) in [5, 5.41) is 14.4. The topological polar surface area (TPSA) is 126 Å². The van der Waals surface area contributed by atoms with Crippen molar-refractivity contribution in [2.75, 3.05) is 13.7 Å². The van der Waals surface area contributed by atoms with Crippen LogP contribution in [-0.2, 0) is 18.9 Å². The number of carbonyl (C=O) groups is 2. The highest BCUT2D eigenvalue weighted by molar-refractivity contribution is 5.65. The van der Waals surface area contributed by atoms with Crippen molar-refractivity contribution in [1.82, 2.24) is 5.32 Å². The number of ether oxygens (including phenoxy) is 4. The molecule has 0 amide bonds. The van der Waals surface area contributed by atoms with Gasteiger partial charge in [0.1, 0.15) is 17.4 Å². The van der Waals surface area contributed by atoms with Crippen molar-refractivity contribution in [2.45, 2.75) is 84.5 Å². The molecular weight excluding hydrogens is 480 g/mol. The third kappa shape index (κ3) is 9.44. The molecule has 0 saturated carbocycles. The fourth-order valence-electron chi connectivity index (χ4n) is 4.17. The molecule has 37 heavy (non-hydrogen) atoms. The highest BCUT2D eigenvalue weighted by Gasteiger charge is 2.36. The molecule has 0 aliphatic carbocycles. The molecule has 10 nitrogen and oxygen atoms in total. The van der Waals surface area contributed by atoms with E-state index in [1.807, 2.05) is 0 Å². The van der Waals surface area contributed by atoms with Crippen molar-refractivity contribution < 1.29 is 33.5 Å². The van der Waals surface area contributed by atoms with E-state index in [9.17, 15) is 19.7 Å². The fourth-order valence-corrected chi connectivity index (χ4v) is 4.17. The van der Waals surface area contributed by atoms with E-state index in [4.69, 9.17) is 14.2 Å². The van der Waals surface area contributed by atoms with Gasteiger partial charge >= 0.3 is 12.3 Å². The number of rotatable bonds is 14. The first-order valence-electron chi connectivity index (χ1n) is 12.8. The Morgan fingerprint density at radius 3 is 2.05 bits per heavy atom. The third-order valence-corrected chi connectivity index (χ3v) is 6.07. The van der Waals surface area contributed by atoms with Crippen molar-refractivity contribution in [1.29, 1.82) is 0 Å². The van der Waals surface area contributed by atoms with Gasteiger partial charge in [-0.25, -0.2) is 9.59 Å². The second-order valence-electron chi connectivity index (χ2n) is 8.97. The number of benzene rings is 1. The molecule has 1 heterocycles. The molecule has 0 spiro atoms. The molecule has 10 heteroatoms. The van der Waals surface area contributed by atoms with Gasteiger partial charge in [0, 0.05) is 12.1 Å². The first kappa shape index (κ1) is 29.7. The van der Waals surface area contributed by atoms with Gasteiger partial charge in [-0.3, -0.25) is 10.1 Å². The minimum absolute atomic E-state index is 0.0969. The largest absolute Gasteiger partial charge is 0.513 e. The second kappa shape index (κ2) is 15.5. The Bertz CT molecular complexity index is 1000. The maximum absolute atomic E-state index is 12.5. The standard InChI is InChI=1S/C27H38N2O8/c1-5-6-7-8-9-10-11-12-13-17-35-27(31)37-25-20(3)28-19(2)24(36-26(30)34-4)23(25)21-15-14-16-22(18-21)29(32)33/h14-16,18,23,28H,5-13,17H2,1-4H3. The van der Waals surface area contributed by atoms with Crippen LogP contribution in [0.4, 0.5) is 15.3 Å². The Kier molecular flexibility index (Phi) is 12.5. The molecule has 1 unspecified atom stereocenters. The zero-order valence-electron chi connectivity index (χ0n) is 22.2. The molecule has 1 aromatic rings. The predicted molar refractivity (Wildman–Crippen MR) is 138 cm³/mol. The van der Waals surface area contributed by atoms with Crippen LogP contribution in [0.15, 0.2) is 47.2 Å². The van der Waals surface area contributed by atoms with Crippen molar-refractivity contribution >= 4 is 18.0 Å². The molecule has 0 bridgehead atoms. The molecule has 0 saturated heterocycles. The number of dihydropyridines is 1. The molecule has 0 aromatic heterocycles. The van der Waals surface area contributed by atoms with E-state index in [1.165, 1.54) is 63.8 Å². The Morgan fingerprint density at radius 1 is 0.919 bits per heavy atom. The van der Waals surface area contributed by atoms with Crippen LogP contribution in [0.5, 0.6) is 0 Å². The molecule has 1 atom stereocenters. The monoisotopic (exact) mass is 518 g/mol. The highest BCUT2D eigenvalue weighted by atomic mass is 16.7. The zero-order valence-corrected chi connectivity index (χ0v) is 22.2. The molecule has 1 aliphatic rings. The summed E-state index contributed by atoms with van der Waals surface area (Å²) in [6.45, 7) is 5.78. The summed E-state index contributed by atoms with van der Waals surface area (Å²) in [5.41, 5.74) is 1.19. The first-order valence-corrected chi connectivity index (χ1v) is 12.8.